The number of hydrogen-bond donors (Lipinski definition) is 2. The Labute approximate surface area is 155 Å². The zero-order valence-electron chi connectivity index (χ0n) is 15.2. The van der Waals surface area contributed by atoms with Crippen LogP contribution in [0.15, 0.2) is 48.5 Å². The average molecular weight is 353 g/mol. The molecule has 1 saturated carbocycles. The lowest BCUT2D eigenvalue weighted by atomic mass is 9.79. The molecule has 4 atom stereocenters. The Balaban J connectivity index is 1.46. The Kier molecular flexibility index (Phi) is 4.98. The van der Waals surface area contributed by atoms with E-state index < -0.39 is 12.2 Å². The summed E-state index contributed by atoms with van der Waals surface area (Å²) in [6, 6.07) is 16.8. The normalized spacial score (nSPS) is 28.7. The van der Waals surface area contributed by atoms with E-state index in [2.05, 4.69) is 41.3 Å². The van der Waals surface area contributed by atoms with Gasteiger partial charge in [-0.15, -0.1) is 0 Å². The van der Waals surface area contributed by atoms with Gasteiger partial charge in [-0.25, -0.2) is 0 Å². The van der Waals surface area contributed by atoms with Crippen molar-refractivity contribution in [3.8, 4) is 16.9 Å². The molecule has 2 aromatic rings. The van der Waals surface area contributed by atoms with E-state index >= 15 is 0 Å². The summed E-state index contributed by atoms with van der Waals surface area (Å²) in [5.74, 6) is 1.89. The quantitative estimate of drug-likeness (QED) is 0.887. The van der Waals surface area contributed by atoms with Crippen LogP contribution >= 0.6 is 0 Å². The van der Waals surface area contributed by atoms with Crippen molar-refractivity contribution in [2.45, 2.75) is 31.6 Å². The summed E-state index contributed by atoms with van der Waals surface area (Å²) in [7, 11) is 1.69. The molecule has 0 spiro atoms. The van der Waals surface area contributed by atoms with Crippen LogP contribution in [-0.2, 0) is 6.54 Å². The molecular weight excluding hydrogens is 326 g/mol. The third-order valence-electron chi connectivity index (χ3n) is 5.92. The molecule has 4 rings (SSSR count). The highest BCUT2D eigenvalue weighted by molar-refractivity contribution is 5.65. The van der Waals surface area contributed by atoms with Crippen LogP contribution in [0.4, 0.5) is 0 Å². The zero-order valence-corrected chi connectivity index (χ0v) is 15.2. The Hall–Kier alpha value is -1.88. The van der Waals surface area contributed by atoms with E-state index in [9.17, 15) is 10.2 Å². The van der Waals surface area contributed by atoms with Crippen molar-refractivity contribution in [2.24, 2.45) is 11.8 Å². The summed E-state index contributed by atoms with van der Waals surface area (Å²) in [5, 5.41) is 19.9. The molecule has 1 aliphatic carbocycles. The summed E-state index contributed by atoms with van der Waals surface area (Å²) >= 11 is 0. The van der Waals surface area contributed by atoms with Crippen molar-refractivity contribution in [3.63, 3.8) is 0 Å². The summed E-state index contributed by atoms with van der Waals surface area (Å²) in [6.45, 7) is 2.94. The van der Waals surface area contributed by atoms with Crippen LogP contribution in [0.2, 0.25) is 0 Å². The van der Waals surface area contributed by atoms with E-state index in [0.29, 0.717) is 11.8 Å². The number of rotatable bonds is 4. The molecule has 2 aromatic carbocycles. The van der Waals surface area contributed by atoms with Gasteiger partial charge in [0, 0.05) is 19.6 Å². The molecule has 2 N–H and O–H groups in total. The molecular formula is C22H27NO3. The number of fused-ring (bicyclic) bond motifs is 1. The minimum Gasteiger partial charge on any atom is -0.497 e. The molecule has 26 heavy (non-hydrogen) atoms. The van der Waals surface area contributed by atoms with E-state index in [-0.39, 0.29) is 0 Å². The topological polar surface area (TPSA) is 52.9 Å². The fourth-order valence-electron chi connectivity index (χ4n) is 4.54. The van der Waals surface area contributed by atoms with Crippen molar-refractivity contribution >= 4 is 0 Å². The van der Waals surface area contributed by atoms with Crippen LogP contribution in [-0.4, -0.2) is 47.5 Å². The summed E-state index contributed by atoms with van der Waals surface area (Å²) < 4.78 is 5.34. The lowest BCUT2D eigenvalue weighted by molar-refractivity contribution is -0.0372. The summed E-state index contributed by atoms with van der Waals surface area (Å²) in [6.07, 6.45) is 0.360. The molecule has 1 aliphatic heterocycles. The van der Waals surface area contributed by atoms with Gasteiger partial charge in [-0.3, -0.25) is 4.90 Å². The van der Waals surface area contributed by atoms with E-state index in [1.54, 1.807) is 7.11 Å². The van der Waals surface area contributed by atoms with Crippen molar-refractivity contribution in [3.05, 3.63) is 54.1 Å². The maximum Gasteiger partial charge on any atom is 0.119 e. The van der Waals surface area contributed by atoms with Gasteiger partial charge in [0.05, 0.1) is 19.3 Å². The smallest absolute Gasteiger partial charge is 0.119 e. The van der Waals surface area contributed by atoms with Crippen molar-refractivity contribution in [1.29, 1.82) is 0 Å². The first-order valence-electron chi connectivity index (χ1n) is 9.44. The van der Waals surface area contributed by atoms with Gasteiger partial charge < -0.3 is 14.9 Å². The molecule has 2 fully saturated rings. The van der Waals surface area contributed by atoms with Crippen LogP contribution in [0.5, 0.6) is 5.75 Å². The molecule has 0 amide bonds. The van der Waals surface area contributed by atoms with Crippen LogP contribution in [0.3, 0.4) is 0 Å². The van der Waals surface area contributed by atoms with Gasteiger partial charge in [0.2, 0.25) is 0 Å². The highest BCUT2D eigenvalue weighted by atomic mass is 16.5. The van der Waals surface area contributed by atoms with Crippen LogP contribution in [0, 0.1) is 11.8 Å². The standard InChI is InChI=1S/C22H27NO3/c1-26-20-7-3-6-17(9-20)16-5-2-4-15(8-16)12-23-13-18-10-21(24)22(25)11-19(18)14-23/h2-9,18-19,21-22,24-25H,10-14H2,1H3/t18-,19+,21+,22-. The van der Waals surface area contributed by atoms with Crippen molar-refractivity contribution in [2.75, 3.05) is 20.2 Å². The monoisotopic (exact) mass is 353 g/mol. The first-order chi connectivity index (χ1) is 12.6. The Morgan fingerprint density at radius 1 is 0.923 bits per heavy atom. The van der Waals surface area contributed by atoms with Crippen LogP contribution < -0.4 is 4.74 Å². The number of likely N-dealkylation sites (tertiary alicyclic amines) is 1. The summed E-state index contributed by atoms with van der Waals surface area (Å²) in [5.41, 5.74) is 3.65. The highest BCUT2D eigenvalue weighted by Crippen LogP contribution is 2.37. The van der Waals surface area contributed by atoms with E-state index in [4.69, 9.17) is 4.74 Å². The van der Waals surface area contributed by atoms with Crippen LogP contribution in [0.25, 0.3) is 11.1 Å². The van der Waals surface area contributed by atoms with Gasteiger partial charge in [-0.2, -0.15) is 0 Å². The van der Waals surface area contributed by atoms with Gasteiger partial charge in [0.1, 0.15) is 5.75 Å². The minimum absolute atomic E-state index is 0.509. The molecule has 1 heterocycles. The Morgan fingerprint density at radius 2 is 1.54 bits per heavy atom. The third kappa shape index (κ3) is 3.63. The van der Waals surface area contributed by atoms with Gasteiger partial charge in [-0.1, -0.05) is 30.3 Å². The molecule has 0 radical (unpaired) electrons. The number of benzene rings is 2. The predicted molar refractivity (Wildman–Crippen MR) is 102 cm³/mol. The molecule has 0 aromatic heterocycles. The van der Waals surface area contributed by atoms with Gasteiger partial charge >= 0.3 is 0 Å². The Morgan fingerprint density at radius 3 is 2.19 bits per heavy atom. The number of nitrogens with zero attached hydrogens (tertiary/aromatic N) is 1. The van der Waals surface area contributed by atoms with Gasteiger partial charge in [0.25, 0.3) is 0 Å². The first-order valence-corrected chi connectivity index (χ1v) is 9.44. The second kappa shape index (κ2) is 7.39. The molecule has 2 aliphatic rings. The second-order valence-corrected chi connectivity index (χ2v) is 7.75. The molecule has 138 valence electrons. The average Bonchev–Trinajstić information content (AvgIpc) is 3.03. The minimum atomic E-state index is -0.549. The number of methoxy groups -OCH3 is 1. The van der Waals surface area contributed by atoms with E-state index in [0.717, 1.165) is 43.8 Å². The molecule has 0 unspecified atom stereocenters. The zero-order chi connectivity index (χ0) is 18.1. The van der Waals surface area contributed by atoms with E-state index in [1.807, 2.05) is 12.1 Å². The fraction of sp³-hybridized carbons (Fsp3) is 0.455. The highest BCUT2D eigenvalue weighted by Gasteiger charge is 2.40. The second-order valence-electron chi connectivity index (χ2n) is 7.75. The number of ether oxygens (including phenoxy) is 1. The van der Waals surface area contributed by atoms with Gasteiger partial charge in [-0.05, 0) is 59.6 Å². The predicted octanol–water partition coefficient (Wildman–Crippen LogP) is 2.93. The third-order valence-corrected chi connectivity index (χ3v) is 5.92. The van der Waals surface area contributed by atoms with E-state index in [1.165, 1.54) is 11.1 Å². The summed E-state index contributed by atoms with van der Waals surface area (Å²) in [4.78, 5) is 2.46. The number of hydrogen-bond acceptors (Lipinski definition) is 4. The fourth-order valence-corrected chi connectivity index (χ4v) is 4.54. The maximum atomic E-state index is 9.93. The lowest BCUT2D eigenvalue weighted by Crippen LogP contribution is -2.38. The molecule has 1 saturated heterocycles. The maximum absolute atomic E-state index is 9.93. The molecule has 4 heteroatoms. The lowest BCUT2D eigenvalue weighted by Gasteiger charge is -2.32. The number of aliphatic hydroxyl groups is 2. The molecule has 4 nitrogen and oxygen atoms in total. The van der Waals surface area contributed by atoms with Crippen molar-refractivity contribution in [1.82, 2.24) is 4.90 Å². The SMILES string of the molecule is COc1cccc(-c2cccc(CN3C[C@H]4C[C@H](O)[C@H](O)C[C@H]4C3)c2)c1. The Bertz CT molecular complexity index is 745. The molecule has 0 bridgehead atoms. The van der Waals surface area contributed by atoms with Crippen molar-refractivity contribution < 1.29 is 14.9 Å². The van der Waals surface area contributed by atoms with Crippen LogP contribution in [0.1, 0.15) is 18.4 Å². The van der Waals surface area contributed by atoms with Gasteiger partial charge in [0.15, 0.2) is 0 Å². The largest absolute Gasteiger partial charge is 0.497 e. The number of aliphatic hydroxyl groups excluding tert-OH is 2. The first kappa shape index (κ1) is 17.5.